The molecule has 0 amide bonds. The highest BCUT2D eigenvalue weighted by Crippen LogP contribution is 2.37. The quantitative estimate of drug-likeness (QED) is 0.700. The maximum Gasteiger partial charge on any atom is 0.0499 e. The molecule has 0 aromatic rings. The van der Waals surface area contributed by atoms with Crippen molar-refractivity contribution in [2.45, 2.75) is 77.8 Å². The first-order valence-corrected chi connectivity index (χ1v) is 7.03. The Morgan fingerprint density at radius 2 is 2.19 bits per heavy atom. The molecule has 1 rings (SSSR count). The summed E-state index contributed by atoms with van der Waals surface area (Å²) in [6.07, 6.45) is 8.75. The van der Waals surface area contributed by atoms with Crippen molar-refractivity contribution < 1.29 is 5.11 Å². The summed E-state index contributed by atoms with van der Waals surface area (Å²) >= 11 is 0. The Morgan fingerprint density at radius 3 is 2.75 bits per heavy atom. The van der Waals surface area contributed by atoms with Crippen molar-refractivity contribution >= 4 is 0 Å². The first-order valence-electron chi connectivity index (χ1n) is 7.03. The smallest absolute Gasteiger partial charge is 0.0499 e. The summed E-state index contributed by atoms with van der Waals surface area (Å²) in [6, 6.07) is 1.17. The zero-order chi connectivity index (χ0) is 12.0. The van der Waals surface area contributed by atoms with E-state index in [0.29, 0.717) is 18.7 Å². The molecule has 1 aliphatic rings. The van der Waals surface area contributed by atoms with E-state index in [1.807, 2.05) is 0 Å². The molecule has 96 valence electrons. The molecule has 2 heteroatoms. The molecule has 3 atom stereocenters. The Kier molecular flexibility index (Phi) is 5.77. The Hall–Kier alpha value is -0.0800. The topological polar surface area (TPSA) is 32.3 Å². The van der Waals surface area contributed by atoms with E-state index in [-0.39, 0.29) is 5.41 Å². The summed E-state index contributed by atoms with van der Waals surface area (Å²) in [6.45, 7) is 7.07. The van der Waals surface area contributed by atoms with Crippen molar-refractivity contribution in [2.75, 3.05) is 6.61 Å². The van der Waals surface area contributed by atoms with E-state index >= 15 is 0 Å². The van der Waals surface area contributed by atoms with Crippen LogP contribution in [0.4, 0.5) is 0 Å². The molecule has 0 radical (unpaired) electrons. The summed E-state index contributed by atoms with van der Waals surface area (Å²) in [4.78, 5) is 0. The highest BCUT2D eigenvalue weighted by atomic mass is 16.3. The van der Waals surface area contributed by atoms with Crippen molar-refractivity contribution in [1.82, 2.24) is 5.32 Å². The van der Waals surface area contributed by atoms with E-state index in [2.05, 4.69) is 26.1 Å². The Bertz CT molecular complexity index is 195. The van der Waals surface area contributed by atoms with Gasteiger partial charge in [-0.2, -0.15) is 0 Å². The van der Waals surface area contributed by atoms with Gasteiger partial charge < -0.3 is 10.4 Å². The third-order valence-corrected chi connectivity index (χ3v) is 4.28. The maximum atomic E-state index is 9.52. The van der Waals surface area contributed by atoms with Crippen molar-refractivity contribution in [3.05, 3.63) is 0 Å². The van der Waals surface area contributed by atoms with E-state index in [4.69, 9.17) is 0 Å². The molecule has 0 bridgehead atoms. The van der Waals surface area contributed by atoms with Crippen LogP contribution in [0.2, 0.25) is 0 Å². The molecule has 0 aliphatic heterocycles. The van der Waals surface area contributed by atoms with Gasteiger partial charge in [0, 0.05) is 24.1 Å². The van der Waals surface area contributed by atoms with Crippen LogP contribution < -0.4 is 5.32 Å². The van der Waals surface area contributed by atoms with E-state index in [1.54, 1.807) is 0 Å². The normalized spacial score (nSPS) is 31.9. The minimum absolute atomic E-state index is 0.125. The number of nitrogens with one attached hydrogen (secondary N) is 1. The van der Waals surface area contributed by atoms with Crippen molar-refractivity contribution in [3.63, 3.8) is 0 Å². The van der Waals surface area contributed by atoms with Crippen LogP contribution in [0.25, 0.3) is 0 Å². The second-order valence-corrected chi connectivity index (χ2v) is 5.67. The number of hydrogen-bond donors (Lipinski definition) is 2. The monoisotopic (exact) mass is 227 g/mol. The molecule has 0 aromatic carbocycles. The lowest BCUT2D eigenvalue weighted by Crippen LogP contribution is -2.46. The molecule has 2 N–H and O–H groups in total. The third-order valence-electron chi connectivity index (χ3n) is 4.28. The Balaban J connectivity index is 2.44. The fourth-order valence-electron chi connectivity index (χ4n) is 2.85. The molecule has 0 saturated heterocycles. The standard InChI is InChI=1S/C14H29NO/c1-4-6-8-12(5-2)15-13-9-7-10-14(13,3)11-16/h12-13,15-16H,4-11H2,1-3H3. The number of aliphatic hydroxyl groups is 1. The van der Waals surface area contributed by atoms with Crippen LogP contribution in [-0.4, -0.2) is 23.8 Å². The van der Waals surface area contributed by atoms with Crippen molar-refractivity contribution in [3.8, 4) is 0 Å². The summed E-state index contributed by atoms with van der Waals surface area (Å²) in [5.74, 6) is 0. The molecule has 1 fully saturated rings. The van der Waals surface area contributed by atoms with Gasteiger partial charge >= 0.3 is 0 Å². The Morgan fingerprint density at radius 1 is 1.44 bits per heavy atom. The minimum atomic E-state index is 0.125. The van der Waals surface area contributed by atoms with Crippen molar-refractivity contribution in [1.29, 1.82) is 0 Å². The second-order valence-electron chi connectivity index (χ2n) is 5.67. The number of rotatable bonds is 7. The van der Waals surface area contributed by atoms with Crippen LogP contribution in [0.15, 0.2) is 0 Å². The van der Waals surface area contributed by atoms with Crippen LogP contribution in [0.5, 0.6) is 0 Å². The van der Waals surface area contributed by atoms with Crippen LogP contribution >= 0.6 is 0 Å². The van der Waals surface area contributed by atoms with Gasteiger partial charge in [0.2, 0.25) is 0 Å². The van der Waals surface area contributed by atoms with Gasteiger partial charge in [-0.15, -0.1) is 0 Å². The molecule has 3 unspecified atom stereocenters. The van der Waals surface area contributed by atoms with Gasteiger partial charge in [0.1, 0.15) is 0 Å². The van der Waals surface area contributed by atoms with Gasteiger partial charge in [0.15, 0.2) is 0 Å². The van der Waals surface area contributed by atoms with Gasteiger partial charge in [-0.05, 0) is 25.7 Å². The van der Waals surface area contributed by atoms with Crippen LogP contribution in [0, 0.1) is 5.41 Å². The van der Waals surface area contributed by atoms with E-state index < -0.39 is 0 Å². The number of aliphatic hydroxyl groups excluding tert-OH is 1. The van der Waals surface area contributed by atoms with Crippen molar-refractivity contribution in [2.24, 2.45) is 5.41 Å². The lowest BCUT2D eigenvalue weighted by atomic mass is 9.85. The highest BCUT2D eigenvalue weighted by molar-refractivity contribution is 4.94. The Labute approximate surface area is 101 Å². The number of hydrogen-bond acceptors (Lipinski definition) is 2. The molecular weight excluding hydrogens is 198 g/mol. The molecule has 1 aliphatic carbocycles. The maximum absolute atomic E-state index is 9.52. The molecule has 0 aromatic heterocycles. The van der Waals surface area contributed by atoms with Gasteiger partial charge in [-0.3, -0.25) is 0 Å². The fourth-order valence-corrected chi connectivity index (χ4v) is 2.85. The summed E-state index contributed by atoms with van der Waals surface area (Å²) in [5, 5.41) is 13.3. The predicted octanol–water partition coefficient (Wildman–Crippen LogP) is 3.10. The highest BCUT2D eigenvalue weighted by Gasteiger charge is 2.38. The van der Waals surface area contributed by atoms with Crippen LogP contribution in [0.3, 0.4) is 0 Å². The average molecular weight is 227 g/mol. The largest absolute Gasteiger partial charge is 0.396 e. The molecule has 0 heterocycles. The lowest BCUT2D eigenvalue weighted by Gasteiger charge is -2.33. The molecule has 0 spiro atoms. The summed E-state index contributed by atoms with van der Waals surface area (Å²) in [7, 11) is 0. The second kappa shape index (κ2) is 6.61. The van der Waals surface area contributed by atoms with Gasteiger partial charge in [-0.1, -0.05) is 40.0 Å². The molecule has 16 heavy (non-hydrogen) atoms. The van der Waals surface area contributed by atoms with E-state index in [1.165, 1.54) is 44.9 Å². The third kappa shape index (κ3) is 3.46. The van der Waals surface area contributed by atoms with Crippen LogP contribution in [0.1, 0.15) is 65.7 Å². The summed E-state index contributed by atoms with van der Waals surface area (Å²) < 4.78 is 0. The SMILES string of the molecule is CCCCC(CC)NC1CCCC1(C)CO. The van der Waals surface area contributed by atoms with Crippen LogP contribution in [-0.2, 0) is 0 Å². The summed E-state index contributed by atoms with van der Waals surface area (Å²) in [5.41, 5.74) is 0.125. The lowest BCUT2D eigenvalue weighted by molar-refractivity contribution is 0.112. The minimum Gasteiger partial charge on any atom is -0.396 e. The van der Waals surface area contributed by atoms with Gasteiger partial charge in [-0.25, -0.2) is 0 Å². The molecular formula is C14H29NO. The fraction of sp³-hybridized carbons (Fsp3) is 1.00. The first kappa shape index (κ1) is 14.0. The zero-order valence-corrected chi connectivity index (χ0v) is 11.3. The van der Waals surface area contributed by atoms with Gasteiger partial charge in [0.25, 0.3) is 0 Å². The van der Waals surface area contributed by atoms with Gasteiger partial charge in [0.05, 0.1) is 0 Å². The first-order chi connectivity index (χ1) is 7.66. The average Bonchev–Trinajstić information content (AvgIpc) is 2.67. The molecule has 2 nitrogen and oxygen atoms in total. The number of unbranched alkanes of at least 4 members (excludes halogenated alkanes) is 1. The zero-order valence-electron chi connectivity index (χ0n) is 11.3. The van der Waals surface area contributed by atoms with E-state index in [9.17, 15) is 5.11 Å². The molecule has 1 saturated carbocycles. The van der Waals surface area contributed by atoms with E-state index in [0.717, 1.165) is 0 Å². The predicted molar refractivity (Wildman–Crippen MR) is 69.6 cm³/mol.